The van der Waals surface area contributed by atoms with E-state index in [2.05, 4.69) is 15.2 Å². The highest BCUT2D eigenvalue weighted by atomic mass is 19.4. The number of hydrogen-bond acceptors (Lipinski definition) is 4. The lowest BCUT2D eigenvalue weighted by atomic mass is 10.0. The molecule has 4 rings (SSSR count). The quantitative estimate of drug-likeness (QED) is 0.441. The third kappa shape index (κ3) is 4.58. The number of nitrogens with one attached hydrogen (secondary N) is 1. The first kappa shape index (κ1) is 22.8. The smallest absolute Gasteiger partial charge is 0.335 e. The first-order valence-electron chi connectivity index (χ1n) is 9.87. The number of alkyl halides is 3. The zero-order valence-corrected chi connectivity index (χ0v) is 17.0. The van der Waals surface area contributed by atoms with Gasteiger partial charge >= 0.3 is 6.18 Å². The second kappa shape index (κ2) is 8.54. The van der Waals surface area contributed by atoms with E-state index in [1.54, 1.807) is 0 Å². The summed E-state index contributed by atoms with van der Waals surface area (Å²) in [5.74, 6) is -5.09. The Morgan fingerprint density at radius 2 is 1.88 bits per heavy atom. The maximum atomic E-state index is 13.9. The van der Waals surface area contributed by atoms with Crippen LogP contribution in [-0.4, -0.2) is 43.1 Å². The van der Waals surface area contributed by atoms with Gasteiger partial charge in [-0.2, -0.15) is 18.3 Å². The highest BCUT2D eigenvalue weighted by Gasteiger charge is 2.41. The third-order valence-corrected chi connectivity index (χ3v) is 5.39. The molecule has 13 heteroatoms. The van der Waals surface area contributed by atoms with Gasteiger partial charge in [-0.15, -0.1) is 0 Å². The Balaban J connectivity index is 1.51. The van der Waals surface area contributed by atoms with Crippen molar-refractivity contribution in [2.45, 2.75) is 38.1 Å². The van der Waals surface area contributed by atoms with Gasteiger partial charge in [0.2, 0.25) is 11.7 Å². The van der Waals surface area contributed by atoms with Gasteiger partial charge in [-0.1, -0.05) is 0 Å². The molecule has 3 aromatic rings. The van der Waals surface area contributed by atoms with E-state index in [9.17, 15) is 31.1 Å². The second-order valence-corrected chi connectivity index (χ2v) is 7.71. The van der Waals surface area contributed by atoms with Gasteiger partial charge in [0.15, 0.2) is 11.6 Å². The molecule has 0 saturated carbocycles. The average Bonchev–Trinajstić information content (AvgIpc) is 3.38. The normalized spacial score (nSPS) is 14.9. The summed E-state index contributed by atoms with van der Waals surface area (Å²) < 4.78 is 81.8. The number of H-pyrrole nitrogens is 1. The van der Waals surface area contributed by atoms with Crippen molar-refractivity contribution < 1.29 is 31.1 Å². The van der Waals surface area contributed by atoms with Crippen LogP contribution in [0.25, 0.3) is 11.3 Å². The molecule has 7 nitrogen and oxygen atoms in total. The van der Waals surface area contributed by atoms with E-state index in [0.29, 0.717) is 17.7 Å². The van der Waals surface area contributed by atoms with E-state index in [-0.39, 0.29) is 49.4 Å². The van der Waals surface area contributed by atoms with E-state index in [4.69, 9.17) is 5.73 Å². The summed E-state index contributed by atoms with van der Waals surface area (Å²) in [4.78, 5) is 17.8. The molecule has 0 unspecified atom stereocenters. The number of imidazole rings is 1. The average molecular weight is 472 g/mol. The van der Waals surface area contributed by atoms with Crippen molar-refractivity contribution in [3.63, 3.8) is 0 Å². The van der Waals surface area contributed by atoms with Crippen LogP contribution >= 0.6 is 0 Å². The molecule has 3 N–H and O–H groups in total. The molecule has 0 bridgehead atoms. The number of carbonyl (C=O) groups is 1. The van der Waals surface area contributed by atoms with Crippen LogP contribution < -0.4 is 5.73 Å². The molecule has 2 aromatic heterocycles. The summed E-state index contributed by atoms with van der Waals surface area (Å²) in [7, 11) is 0. The number of aromatic amines is 1. The van der Waals surface area contributed by atoms with E-state index in [0.717, 1.165) is 4.57 Å². The molecule has 0 fully saturated rings. The fourth-order valence-corrected chi connectivity index (χ4v) is 3.84. The molecule has 3 heterocycles. The van der Waals surface area contributed by atoms with Crippen LogP contribution in [-0.2, 0) is 30.5 Å². The van der Waals surface area contributed by atoms with Gasteiger partial charge in [0, 0.05) is 43.4 Å². The van der Waals surface area contributed by atoms with Gasteiger partial charge in [0.1, 0.15) is 5.82 Å². The van der Waals surface area contributed by atoms with E-state index < -0.39 is 41.4 Å². The summed E-state index contributed by atoms with van der Waals surface area (Å²) in [6.07, 6.45) is -2.44. The number of aromatic nitrogens is 4. The predicted octanol–water partition coefficient (Wildman–Crippen LogP) is 3.01. The SMILES string of the molecule is N[C@@H](CC(=O)N1CCn2c(C(F)(F)F)nc(-c3cn[nH]c3)c2C1)Cc1cc(F)c(F)cc1F. The van der Waals surface area contributed by atoms with Crippen LogP contribution in [0.5, 0.6) is 0 Å². The predicted molar refractivity (Wildman–Crippen MR) is 103 cm³/mol. The summed E-state index contributed by atoms with van der Waals surface area (Å²) >= 11 is 0. The lowest BCUT2D eigenvalue weighted by Gasteiger charge is -2.30. The Hall–Kier alpha value is -3.35. The fraction of sp³-hybridized carbons (Fsp3) is 0.350. The molecule has 0 spiro atoms. The Kier molecular flexibility index (Phi) is 5.91. The topological polar surface area (TPSA) is 92.8 Å². The summed E-state index contributed by atoms with van der Waals surface area (Å²) in [5, 5.41) is 6.26. The Bertz CT molecular complexity index is 1170. The molecular weight excluding hydrogens is 454 g/mol. The summed E-state index contributed by atoms with van der Waals surface area (Å²) in [5.41, 5.74) is 6.34. The zero-order chi connectivity index (χ0) is 23.9. The molecule has 1 aromatic carbocycles. The molecule has 1 aliphatic rings. The summed E-state index contributed by atoms with van der Waals surface area (Å²) in [6, 6.07) is 0.174. The molecular formula is C20H18F6N6O. The van der Waals surface area contributed by atoms with Crippen LogP contribution in [0.2, 0.25) is 0 Å². The number of nitrogens with zero attached hydrogens (tertiary/aromatic N) is 4. The highest BCUT2D eigenvalue weighted by Crippen LogP contribution is 2.35. The van der Waals surface area contributed by atoms with Gasteiger partial charge in [-0.25, -0.2) is 18.2 Å². The maximum absolute atomic E-state index is 13.9. The van der Waals surface area contributed by atoms with Crippen molar-refractivity contribution in [2.24, 2.45) is 5.73 Å². The largest absolute Gasteiger partial charge is 0.449 e. The van der Waals surface area contributed by atoms with E-state index >= 15 is 0 Å². The van der Waals surface area contributed by atoms with E-state index in [1.165, 1.54) is 17.3 Å². The minimum atomic E-state index is -4.68. The molecule has 0 radical (unpaired) electrons. The van der Waals surface area contributed by atoms with Crippen LogP contribution in [0.15, 0.2) is 24.5 Å². The molecule has 1 amide bonds. The first-order valence-corrected chi connectivity index (χ1v) is 9.87. The fourth-order valence-electron chi connectivity index (χ4n) is 3.84. The lowest BCUT2D eigenvalue weighted by Crippen LogP contribution is -2.42. The van der Waals surface area contributed by atoms with Gasteiger partial charge in [-0.05, 0) is 18.1 Å². The Morgan fingerprint density at radius 3 is 2.55 bits per heavy atom. The first-order chi connectivity index (χ1) is 15.5. The number of rotatable bonds is 5. The molecule has 1 atom stereocenters. The molecule has 1 aliphatic heterocycles. The standard InChI is InChI=1S/C20H18F6N6O/c21-13-6-15(23)14(22)4-10(13)3-12(27)5-17(33)31-1-2-32-16(9-31)18(11-7-28-29-8-11)30-19(32)20(24,25)26/h4,6-8,12H,1-3,5,9,27H2,(H,28,29)/t12-/m1/s1. The number of amides is 1. The number of nitrogens with two attached hydrogens (primary N) is 1. The van der Waals surface area contributed by atoms with Crippen molar-refractivity contribution in [1.29, 1.82) is 0 Å². The maximum Gasteiger partial charge on any atom is 0.449 e. The Morgan fingerprint density at radius 1 is 1.15 bits per heavy atom. The van der Waals surface area contributed by atoms with E-state index in [1.807, 2.05) is 0 Å². The van der Waals surface area contributed by atoms with Crippen molar-refractivity contribution in [1.82, 2.24) is 24.6 Å². The Labute approximate surface area is 183 Å². The third-order valence-electron chi connectivity index (χ3n) is 5.39. The molecule has 176 valence electrons. The molecule has 0 aliphatic carbocycles. The van der Waals surface area contributed by atoms with Gasteiger partial charge in [0.25, 0.3) is 0 Å². The minimum Gasteiger partial charge on any atom is -0.335 e. The van der Waals surface area contributed by atoms with Crippen LogP contribution in [0.3, 0.4) is 0 Å². The van der Waals surface area contributed by atoms with Crippen molar-refractivity contribution in [3.05, 3.63) is 59.1 Å². The second-order valence-electron chi connectivity index (χ2n) is 7.71. The number of fused-ring (bicyclic) bond motifs is 1. The number of carbonyl (C=O) groups excluding carboxylic acids is 1. The number of hydrogen-bond donors (Lipinski definition) is 2. The number of halogens is 6. The molecule has 0 saturated heterocycles. The highest BCUT2D eigenvalue weighted by molar-refractivity contribution is 5.77. The van der Waals surface area contributed by atoms with Crippen molar-refractivity contribution >= 4 is 5.91 Å². The lowest BCUT2D eigenvalue weighted by molar-refractivity contribution is -0.148. The number of benzene rings is 1. The van der Waals surface area contributed by atoms with Crippen LogP contribution in [0.1, 0.15) is 23.5 Å². The van der Waals surface area contributed by atoms with Crippen LogP contribution in [0, 0.1) is 17.5 Å². The van der Waals surface area contributed by atoms with Gasteiger partial charge in [0.05, 0.1) is 24.1 Å². The molecule has 33 heavy (non-hydrogen) atoms. The summed E-state index contributed by atoms with van der Waals surface area (Å²) in [6.45, 7) is -0.287. The van der Waals surface area contributed by atoms with Crippen molar-refractivity contribution in [3.8, 4) is 11.3 Å². The van der Waals surface area contributed by atoms with Crippen LogP contribution in [0.4, 0.5) is 26.3 Å². The van der Waals surface area contributed by atoms with Gasteiger partial charge < -0.3 is 15.2 Å². The van der Waals surface area contributed by atoms with Crippen molar-refractivity contribution in [2.75, 3.05) is 6.54 Å². The monoisotopic (exact) mass is 472 g/mol. The zero-order valence-electron chi connectivity index (χ0n) is 17.0. The van der Waals surface area contributed by atoms with Gasteiger partial charge in [-0.3, -0.25) is 9.89 Å². The minimum absolute atomic E-state index is 0.0115.